The molecule has 22 heteroatoms. The van der Waals surface area contributed by atoms with Crippen LogP contribution < -0.4 is 31.5 Å². The van der Waals surface area contributed by atoms with Gasteiger partial charge in [-0.2, -0.15) is 18.2 Å². The van der Waals surface area contributed by atoms with Crippen LogP contribution in [0.5, 0.6) is 5.75 Å². The number of amides is 2. The number of aromatic nitrogens is 3. The summed E-state index contributed by atoms with van der Waals surface area (Å²) in [5, 5.41) is 32.1. The van der Waals surface area contributed by atoms with Crippen molar-refractivity contribution >= 4 is 50.4 Å². The Morgan fingerprint density at radius 2 is 2.06 bits per heavy atom. The molecule has 292 valence electrons. The summed E-state index contributed by atoms with van der Waals surface area (Å²) < 4.78 is 46.0. The standard InChI is InChI=1S/C32H41N9O11S2/c1-31(2)26(28(44)41(31)52-54(47,48)49)37-27(43)25(22-16-53-30(34)36-22)38-51-32(3,29(45)46)24-7-5-19-8-18(4-6-23(19)50-24)20-13-39(12-17-10-35-11-17)40(14-20)15-21(42)9-33/h4,6,8,13-14,16-17,21,24,26,35,42H,5,7,9-12,15,33H2,1-3H3,(H4-,34,36,37,43,45,46,47,48,49)/p+1/b38-25-/t21-,24?,26?,32-/m0/s1. The van der Waals surface area contributed by atoms with Crippen LogP contribution in [0.25, 0.3) is 11.1 Å². The molecule has 0 spiro atoms. The number of hydrogen-bond acceptors (Lipinski definition) is 15. The van der Waals surface area contributed by atoms with Crippen LogP contribution >= 0.6 is 11.3 Å². The number of nitrogen functional groups attached to an aromatic ring is 1. The lowest BCUT2D eigenvalue weighted by Crippen LogP contribution is -2.76. The Bertz CT molecular complexity index is 2060. The minimum Gasteiger partial charge on any atom is -0.485 e. The number of ether oxygens (including phenoxy) is 1. The highest BCUT2D eigenvalue weighted by atomic mass is 32.3. The summed E-state index contributed by atoms with van der Waals surface area (Å²) in [6, 6.07) is 4.23. The molecule has 3 aliphatic heterocycles. The van der Waals surface area contributed by atoms with Crippen LogP contribution in [0.15, 0.2) is 41.1 Å². The molecular weight excluding hydrogens is 751 g/mol. The van der Waals surface area contributed by atoms with Gasteiger partial charge in [0.15, 0.2) is 23.5 Å². The second-order valence-corrected chi connectivity index (χ2v) is 15.9. The number of thiazole rings is 1. The predicted octanol–water partition coefficient (Wildman–Crippen LogP) is -1.18. The van der Waals surface area contributed by atoms with Crippen molar-refractivity contribution in [2.45, 2.75) is 76.1 Å². The van der Waals surface area contributed by atoms with Gasteiger partial charge in [0.25, 0.3) is 17.4 Å². The fourth-order valence-electron chi connectivity index (χ4n) is 6.35. The Morgan fingerprint density at radius 3 is 2.65 bits per heavy atom. The molecule has 3 aromatic rings. The van der Waals surface area contributed by atoms with E-state index in [0.29, 0.717) is 29.7 Å². The van der Waals surface area contributed by atoms with E-state index in [-0.39, 0.29) is 23.8 Å². The normalized spacial score (nSPS) is 21.6. The van der Waals surface area contributed by atoms with Gasteiger partial charge in [0.1, 0.15) is 23.6 Å². The highest BCUT2D eigenvalue weighted by Gasteiger charge is 2.58. The molecule has 4 atom stereocenters. The molecule has 0 aliphatic carbocycles. The number of nitrogens with zero attached hydrogens (tertiary/aromatic N) is 5. The van der Waals surface area contributed by atoms with E-state index in [4.69, 9.17) is 25.6 Å². The molecule has 0 radical (unpaired) electrons. The first-order valence-corrected chi connectivity index (χ1v) is 19.2. The smallest absolute Gasteiger partial charge is 0.418 e. The summed E-state index contributed by atoms with van der Waals surface area (Å²) in [5.74, 6) is -2.54. The molecule has 0 saturated carbocycles. The first-order valence-electron chi connectivity index (χ1n) is 16.9. The Morgan fingerprint density at radius 1 is 1.31 bits per heavy atom. The van der Waals surface area contributed by atoms with Gasteiger partial charge in [-0.15, -0.1) is 20.3 Å². The number of carboxylic acids is 1. The van der Waals surface area contributed by atoms with E-state index in [2.05, 4.69) is 29.7 Å². The van der Waals surface area contributed by atoms with Crippen LogP contribution in [0.2, 0.25) is 0 Å². The predicted molar refractivity (Wildman–Crippen MR) is 190 cm³/mol. The largest absolute Gasteiger partial charge is 0.485 e. The maximum atomic E-state index is 13.5. The van der Waals surface area contributed by atoms with E-state index < -0.39 is 63.3 Å². The molecule has 1 aromatic carbocycles. The molecule has 2 aromatic heterocycles. The number of anilines is 1. The van der Waals surface area contributed by atoms with Gasteiger partial charge in [-0.25, -0.2) is 9.78 Å². The van der Waals surface area contributed by atoms with Gasteiger partial charge in [-0.05, 0) is 56.9 Å². The number of carbonyl (C=O) groups excluding carboxylic acids is 2. The zero-order valence-corrected chi connectivity index (χ0v) is 31.2. The number of carboxylic acid groups (broad SMARTS) is 1. The van der Waals surface area contributed by atoms with E-state index in [1.807, 2.05) is 29.2 Å². The third-order valence-corrected chi connectivity index (χ3v) is 10.7. The highest BCUT2D eigenvalue weighted by molar-refractivity contribution is 7.80. The lowest BCUT2D eigenvalue weighted by molar-refractivity contribution is -0.780. The molecule has 2 unspecified atom stereocenters. The van der Waals surface area contributed by atoms with Gasteiger partial charge < -0.3 is 41.9 Å². The first-order chi connectivity index (χ1) is 25.4. The minimum absolute atomic E-state index is 0.0565. The van der Waals surface area contributed by atoms with Crippen LogP contribution in [0.1, 0.15) is 38.4 Å². The zero-order valence-electron chi connectivity index (χ0n) is 29.5. The maximum Gasteiger partial charge on any atom is 0.418 e. The molecule has 6 rings (SSSR count). The van der Waals surface area contributed by atoms with Gasteiger partial charge in [0, 0.05) is 30.9 Å². The van der Waals surface area contributed by atoms with Crippen molar-refractivity contribution in [1.82, 2.24) is 25.4 Å². The fraction of sp³-hybridized carbons (Fsp3) is 0.500. The second-order valence-electron chi connectivity index (χ2n) is 14.0. The van der Waals surface area contributed by atoms with Gasteiger partial charge in [0.05, 0.1) is 23.8 Å². The van der Waals surface area contributed by atoms with Gasteiger partial charge in [-0.1, -0.05) is 11.2 Å². The van der Waals surface area contributed by atoms with E-state index in [0.717, 1.165) is 47.7 Å². The van der Waals surface area contributed by atoms with Crippen molar-refractivity contribution in [3.05, 3.63) is 47.2 Å². The van der Waals surface area contributed by atoms with E-state index in [9.17, 15) is 33.0 Å². The minimum atomic E-state index is -5.04. The van der Waals surface area contributed by atoms with Crippen molar-refractivity contribution in [3.63, 3.8) is 0 Å². The third-order valence-electron chi connectivity index (χ3n) is 9.69. The van der Waals surface area contributed by atoms with Crippen LogP contribution in [0.3, 0.4) is 0 Å². The number of hydroxylamine groups is 2. The van der Waals surface area contributed by atoms with E-state index in [1.54, 1.807) is 6.07 Å². The number of β-lactam (4-membered cyclic amide) rings is 1. The lowest BCUT2D eigenvalue weighted by atomic mass is 9.84. The van der Waals surface area contributed by atoms with Gasteiger partial charge in [0.2, 0.25) is 6.20 Å². The summed E-state index contributed by atoms with van der Waals surface area (Å²) in [7, 11) is -5.04. The quantitative estimate of drug-likeness (QED) is 0.0314. The average Bonchev–Trinajstić information content (AvgIpc) is 3.71. The van der Waals surface area contributed by atoms with Crippen molar-refractivity contribution in [2.24, 2.45) is 16.8 Å². The fourth-order valence-corrected chi connectivity index (χ4v) is 7.35. The summed E-state index contributed by atoms with van der Waals surface area (Å²) in [5.41, 5.74) is 9.95. The number of aliphatic hydroxyl groups is 1. The number of hydrogen-bond donors (Lipinski definition) is 7. The summed E-state index contributed by atoms with van der Waals surface area (Å²) in [6.45, 7) is 7.07. The number of nitrogens with two attached hydrogens (primary N) is 2. The SMILES string of the molecule is CC1(C)C(NC(=O)/C(=N\O[C@](C)(C(=O)O)C2CCc3cc(-c4cn(CC5CNC5)[n+](C[C@@H](O)CN)c4)ccc3O2)c2csc(N)n2)C(=O)N1OS(=O)(=O)O. The summed E-state index contributed by atoms with van der Waals surface area (Å²) >= 11 is 0.965. The second kappa shape index (κ2) is 14.8. The molecule has 0 bridgehead atoms. The number of benzene rings is 1. The van der Waals surface area contributed by atoms with Crippen molar-refractivity contribution in [1.29, 1.82) is 0 Å². The van der Waals surface area contributed by atoms with Crippen molar-refractivity contribution in [2.75, 3.05) is 25.4 Å². The van der Waals surface area contributed by atoms with Crippen LogP contribution in [0.4, 0.5) is 5.13 Å². The zero-order chi connectivity index (χ0) is 39.2. The molecule has 5 heterocycles. The molecule has 54 heavy (non-hydrogen) atoms. The molecule has 20 nitrogen and oxygen atoms in total. The number of rotatable bonds is 15. The number of fused-ring (bicyclic) bond motifs is 1. The van der Waals surface area contributed by atoms with Crippen molar-refractivity contribution in [3.8, 4) is 16.9 Å². The monoisotopic (exact) mass is 792 g/mol. The average molecular weight is 793 g/mol. The van der Waals surface area contributed by atoms with Crippen molar-refractivity contribution < 1.29 is 56.1 Å². The van der Waals surface area contributed by atoms with Gasteiger partial charge in [-0.3, -0.25) is 14.1 Å². The number of aliphatic carboxylic acids is 1. The van der Waals surface area contributed by atoms with Crippen LogP contribution in [-0.4, -0.2) is 110 Å². The maximum absolute atomic E-state index is 13.5. The van der Waals surface area contributed by atoms with Gasteiger partial charge >= 0.3 is 16.4 Å². The molecule has 2 fully saturated rings. The molecule has 3 aliphatic rings. The number of aliphatic hydroxyl groups excluding tert-OH is 1. The molecule has 9 N–H and O–H groups in total. The Hall–Kier alpha value is -4.71. The Balaban J connectivity index is 1.21. The Labute approximate surface area is 313 Å². The van der Waals surface area contributed by atoms with Crippen LogP contribution in [0, 0.1) is 5.92 Å². The Kier molecular flexibility index (Phi) is 10.7. The molecule has 2 amide bonds. The first kappa shape index (κ1) is 39.0. The molecule has 2 saturated heterocycles. The molecular formula is C32H42N9O11S2+. The lowest BCUT2D eigenvalue weighted by Gasteiger charge is -2.50. The number of nitrogens with one attached hydrogen (secondary N) is 2. The number of carbonyl (C=O) groups is 3. The van der Waals surface area contributed by atoms with Crippen LogP contribution in [-0.2, 0) is 53.4 Å². The summed E-state index contributed by atoms with van der Waals surface area (Å²) in [4.78, 5) is 48.7. The number of aryl methyl sites for hydroxylation is 1. The summed E-state index contributed by atoms with van der Waals surface area (Å²) in [6.07, 6.45) is 2.83. The number of oxime groups is 1. The van der Waals surface area contributed by atoms with E-state index in [1.165, 1.54) is 26.2 Å². The third kappa shape index (κ3) is 7.90. The topological polar surface area (TPSA) is 287 Å². The van der Waals surface area contributed by atoms with E-state index >= 15 is 0 Å². The highest BCUT2D eigenvalue weighted by Crippen LogP contribution is 2.37.